The molecule has 1 aromatic carbocycles. The van der Waals surface area contributed by atoms with Gasteiger partial charge in [0.15, 0.2) is 0 Å². The van der Waals surface area contributed by atoms with Gasteiger partial charge in [0.05, 0.1) is 0 Å². The first kappa shape index (κ1) is 17.7. The van der Waals surface area contributed by atoms with Gasteiger partial charge in [-0.05, 0) is 97.9 Å². The van der Waals surface area contributed by atoms with Crippen LogP contribution in [0.5, 0.6) is 0 Å². The van der Waals surface area contributed by atoms with E-state index in [4.69, 9.17) is 5.73 Å². The Hall–Kier alpha value is -1.15. The lowest BCUT2D eigenvalue weighted by atomic mass is 9.37. The summed E-state index contributed by atoms with van der Waals surface area (Å²) in [7, 11) is 0. The Labute approximate surface area is 169 Å². The van der Waals surface area contributed by atoms with Crippen LogP contribution in [0.3, 0.4) is 0 Å². The second-order valence-corrected chi connectivity index (χ2v) is 12.3. The van der Waals surface area contributed by atoms with Crippen LogP contribution in [-0.2, 0) is 10.2 Å². The van der Waals surface area contributed by atoms with Crippen molar-refractivity contribution in [1.29, 1.82) is 0 Å². The average molecular weight is 378 g/mol. The minimum atomic E-state index is -0.0250. The smallest absolute Gasteiger partial charge is 0.139 e. The van der Waals surface area contributed by atoms with Crippen molar-refractivity contribution < 1.29 is 4.79 Å². The van der Waals surface area contributed by atoms with Crippen molar-refractivity contribution in [2.75, 3.05) is 0 Å². The first-order chi connectivity index (χ1) is 13.3. The highest BCUT2D eigenvalue weighted by molar-refractivity contribution is 5.86. The van der Waals surface area contributed by atoms with E-state index in [9.17, 15) is 4.79 Å². The van der Waals surface area contributed by atoms with E-state index < -0.39 is 0 Å². The molecular formula is C26H35NO. The minimum Gasteiger partial charge on any atom is -0.328 e. The fraction of sp³-hybridized carbons (Fsp3) is 0.731. The van der Waals surface area contributed by atoms with Crippen LogP contribution in [0, 0.1) is 28.1 Å². The number of hydrogen-bond donors (Lipinski definition) is 1. The van der Waals surface area contributed by atoms with E-state index in [-0.39, 0.29) is 10.8 Å². The molecule has 4 unspecified atom stereocenters. The van der Waals surface area contributed by atoms with Crippen LogP contribution >= 0.6 is 0 Å². The molecule has 0 radical (unpaired) electrons. The molecule has 2 heteroatoms. The zero-order valence-electron chi connectivity index (χ0n) is 17.4. The number of hydrogen-bond acceptors (Lipinski definition) is 2. The quantitative estimate of drug-likeness (QED) is 0.764. The van der Waals surface area contributed by atoms with Gasteiger partial charge in [0.2, 0.25) is 0 Å². The van der Waals surface area contributed by atoms with Crippen molar-refractivity contribution in [2.24, 2.45) is 33.8 Å². The Morgan fingerprint density at radius 1 is 0.964 bits per heavy atom. The fourth-order valence-corrected chi connectivity index (χ4v) is 9.52. The zero-order chi connectivity index (χ0) is 19.2. The van der Waals surface area contributed by atoms with Crippen LogP contribution < -0.4 is 5.73 Å². The maximum atomic E-state index is 13.8. The molecule has 2 nitrogen and oxygen atoms in total. The molecule has 6 fully saturated rings. The molecule has 0 saturated heterocycles. The van der Waals surface area contributed by atoms with E-state index >= 15 is 0 Å². The van der Waals surface area contributed by atoms with E-state index in [0.29, 0.717) is 28.6 Å². The van der Waals surface area contributed by atoms with Gasteiger partial charge in [-0.2, -0.15) is 0 Å². The van der Waals surface area contributed by atoms with Crippen LogP contribution in [0.25, 0.3) is 0 Å². The summed E-state index contributed by atoms with van der Waals surface area (Å²) in [5.74, 6) is 2.03. The molecule has 2 N–H and O–H groups in total. The summed E-state index contributed by atoms with van der Waals surface area (Å²) in [4.78, 5) is 13.8. The molecular weight excluding hydrogens is 342 g/mol. The van der Waals surface area contributed by atoms with Gasteiger partial charge >= 0.3 is 0 Å². The van der Waals surface area contributed by atoms with E-state index in [1.807, 2.05) is 0 Å². The normalized spacial score (nSPS) is 51.0. The maximum Gasteiger partial charge on any atom is 0.139 e. The lowest BCUT2D eigenvalue weighted by Crippen LogP contribution is -2.60. The second kappa shape index (κ2) is 5.50. The molecule has 28 heavy (non-hydrogen) atoms. The number of nitrogens with two attached hydrogens (primary N) is 1. The molecule has 7 rings (SSSR count). The van der Waals surface area contributed by atoms with Crippen molar-refractivity contribution in [3.05, 3.63) is 35.9 Å². The Bertz CT molecular complexity index is 803. The predicted octanol–water partition coefficient (Wildman–Crippen LogP) is 5.39. The Morgan fingerprint density at radius 2 is 1.71 bits per heavy atom. The molecule has 6 aliphatic carbocycles. The number of ketones is 1. The predicted molar refractivity (Wildman–Crippen MR) is 112 cm³/mol. The van der Waals surface area contributed by atoms with Crippen LogP contribution in [0.2, 0.25) is 0 Å². The third kappa shape index (κ3) is 2.46. The minimum absolute atomic E-state index is 0.0250. The zero-order valence-corrected chi connectivity index (χ0v) is 17.4. The van der Waals surface area contributed by atoms with Crippen LogP contribution in [0.15, 0.2) is 30.3 Å². The number of carbonyl (C=O) groups is 1. The summed E-state index contributed by atoms with van der Waals surface area (Å²) in [6.45, 7) is 2.49. The second-order valence-electron chi connectivity index (χ2n) is 12.3. The van der Waals surface area contributed by atoms with Gasteiger partial charge < -0.3 is 5.73 Å². The molecule has 6 aliphatic rings. The SMILES string of the molecule is CC12CC3CC(C(=O)CC4CC5(CC(N)C5)C4)(C1)CC(c1ccccc1)(C3)C2. The van der Waals surface area contributed by atoms with Crippen molar-refractivity contribution in [1.82, 2.24) is 0 Å². The summed E-state index contributed by atoms with van der Waals surface area (Å²) in [6, 6.07) is 11.6. The fourth-order valence-electron chi connectivity index (χ4n) is 9.52. The summed E-state index contributed by atoms with van der Waals surface area (Å²) in [6.07, 6.45) is 13.2. The van der Waals surface area contributed by atoms with Crippen LogP contribution in [-0.4, -0.2) is 11.8 Å². The third-order valence-electron chi connectivity index (χ3n) is 9.63. The molecule has 4 atom stereocenters. The summed E-state index contributed by atoms with van der Waals surface area (Å²) in [5.41, 5.74) is 8.68. The van der Waals surface area contributed by atoms with E-state index in [0.717, 1.165) is 25.2 Å². The number of benzene rings is 1. The molecule has 4 bridgehead atoms. The van der Waals surface area contributed by atoms with Crippen molar-refractivity contribution in [3.63, 3.8) is 0 Å². The molecule has 1 spiro atoms. The third-order valence-corrected chi connectivity index (χ3v) is 9.63. The highest BCUT2D eigenvalue weighted by Crippen LogP contribution is 2.71. The van der Waals surface area contributed by atoms with Crippen molar-refractivity contribution in [3.8, 4) is 0 Å². The topological polar surface area (TPSA) is 43.1 Å². The van der Waals surface area contributed by atoms with Crippen LogP contribution in [0.4, 0.5) is 0 Å². The number of rotatable bonds is 4. The molecule has 0 aromatic heterocycles. The molecule has 0 aliphatic heterocycles. The van der Waals surface area contributed by atoms with Gasteiger partial charge in [-0.3, -0.25) is 4.79 Å². The van der Waals surface area contributed by atoms with Gasteiger partial charge in [0.1, 0.15) is 5.78 Å². The molecule has 0 heterocycles. The van der Waals surface area contributed by atoms with Gasteiger partial charge in [-0.15, -0.1) is 0 Å². The van der Waals surface area contributed by atoms with Gasteiger partial charge in [0.25, 0.3) is 0 Å². The highest BCUT2D eigenvalue weighted by atomic mass is 16.1. The highest BCUT2D eigenvalue weighted by Gasteiger charge is 2.64. The van der Waals surface area contributed by atoms with Crippen molar-refractivity contribution >= 4 is 5.78 Å². The average Bonchev–Trinajstić information content (AvgIpc) is 2.57. The maximum absolute atomic E-state index is 13.8. The van der Waals surface area contributed by atoms with Gasteiger partial charge in [-0.25, -0.2) is 0 Å². The summed E-state index contributed by atoms with van der Waals surface area (Å²) >= 11 is 0. The van der Waals surface area contributed by atoms with E-state index in [2.05, 4.69) is 37.3 Å². The molecule has 6 saturated carbocycles. The Morgan fingerprint density at radius 3 is 2.39 bits per heavy atom. The monoisotopic (exact) mass is 377 g/mol. The van der Waals surface area contributed by atoms with E-state index in [1.54, 1.807) is 0 Å². The lowest BCUT2D eigenvalue weighted by Gasteiger charge is -2.66. The van der Waals surface area contributed by atoms with Crippen molar-refractivity contribution in [2.45, 2.75) is 89.0 Å². The largest absolute Gasteiger partial charge is 0.328 e. The molecule has 1 aromatic rings. The Balaban J connectivity index is 1.25. The first-order valence-corrected chi connectivity index (χ1v) is 11.7. The summed E-state index contributed by atoms with van der Waals surface area (Å²) < 4.78 is 0. The summed E-state index contributed by atoms with van der Waals surface area (Å²) in [5, 5.41) is 0. The van der Waals surface area contributed by atoms with Crippen LogP contribution in [0.1, 0.15) is 83.1 Å². The van der Waals surface area contributed by atoms with Gasteiger partial charge in [-0.1, -0.05) is 37.3 Å². The number of carbonyl (C=O) groups excluding carboxylic acids is 1. The molecule has 150 valence electrons. The lowest BCUT2D eigenvalue weighted by molar-refractivity contribution is -0.161. The first-order valence-electron chi connectivity index (χ1n) is 11.7. The van der Waals surface area contributed by atoms with E-state index in [1.165, 1.54) is 56.9 Å². The molecule has 0 amide bonds. The van der Waals surface area contributed by atoms with Gasteiger partial charge in [0, 0.05) is 17.9 Å². The number of Topliss-reactive ketones (excluding diaryl/α,β-unsaturated/α-hetero) is 1. The Kier molecular flexibility index (Phi) is 3.48. The standard InChI is InChI=1S/C26H35NO/c1-23-8-19-11-25(15-23,20-5-3-2-4-6-20)17-26(12-19,16-23)22(28)7-18-9-24(10-18)13-21(27)14-24/h2-6,18-19,21H,7-17,27H2,1H3.